The molecule has 0 atom stereocenters. The second kappa shape index (κ2) is 6.35. The first-order valence-electron chi connectivity index (χ1n) is 5.66. The number of nitrogens with zero attached hydrogens (tertiary/aromatic N) is 2. The summed E-state index contributed by atoms with van der Waals surface area (Å²) in [5, 5.41) is 9.80. The zero-order valence-electron chi connectivity index (χ0n) is 10.0. The third-order valence-corrected chi connectivity index (χ3v) is 2.49. The SMILES string of the molecule is O=Cc1ccccc1F.c1ccc2cnncc2c1. The van der Waals surface area contributed by atoms with Gasteiger partial charge in [-0.05, 0) is 12.1 Å². The Morgan fingerprint density at radius 1 is 0.842 bits per heavy atom. The maximum atomic E-state index is 12.4. The van der Waals surface area contributed by atoms with Crippen LogP contribution in [0.5, 0.6) is 0 Å². The summed E-state index contributed by atoms with van der Waals surface area (Å²) in [6.45, 7) is 0. The van der Waals surface area contributed by atoms with E-state index in [0.717, 1.165) is 10.8 Å². The molecular formula is C15H11FN2O. The van der Waals surface area contributed by atoms with Gasteiger partial charge in [0.25, 0.3) is 0 Å². The van der Waals surface area contributed by atoms with Gasteiger partial charge in [-0.2, -0.15) is 10.2 Å². The van der Waals surface area contributed by atoms with Crippen molar-refractivity contribution in [1.82, 2.24) is 10.2 Å². The first-order valence-corrected chi connectivity index (χ1v) is 5.66. The topological polar surface area (TPSA) is 42.9 Å². The maximum Gasteiger partial charge on any atom is 0.152 e. The van der Waals surface area contributed by atoms with Gasteiger partial charge in [0.1, 0.15) is 5.82 Å². The first-order chi connectivity index (χ1) is 9.31. The molecule has 0 saturated heterocycles. The fraction of sp³-hybridized carbons (Fsp3) is 0. The normalized spacial score (nSPS) is 9.53. The smallest absolute Gasteiger partial charge is 0.152 e. The Morgan fingerprint density at radius 3 is 1.84 bits per heavy atom. The van der Waals surface area contributed by atoms with Crippen molar-refractivity contribution in [2.45, 2.75) is 0 Å². The standard InChI is InChI=1S/C8H6N2.C7H5FO/c1-2-4-8-6-10-9-5-7(8)3-1;8-7-4-2-1-3-6(7)5-9/h1-6H;1-5H. The number of hydrogen-bond acceptors (Lipinski definition) is 3. The summed E-state index contributed by atoms with van der Waals surface area (Å²) in [4.78, 5) is 9.99. The molecular weight excluding hydrogens is 243 g/mol. The quantitative estimate of drug-likeness (QED) is 0.626. The summed E-state index contributed by atoms with van der Waals surface area (Å²) in [5.41, 5.74) is 0.109. The van der Waals surface area contributed by atoms with Crippen molar-refractivity contribution in [3.8, 4) is 0 Å². The van der Waals surface area contributed by atoms with E-state index in [1.807, 2.05) is 24.3 Å². The molecule has 0 N–H and O–H groups in total. The molecule has 0 spiro atoms. The van der Waals surface area contributed by atoms with Crippen molar-refractivity contribution in [3.63, 3.8) is 0 Å². The van der Waals surface area contributed by atoms with Crippen LogP contribution in [0, 0.1) is 5.82 Å². The van der Waals surface area contributed by atoms with Gasteiger partial charge in [0.2, 0.25) is 0 Å². The average molecular weight is 254 g/mol. The minimum absolute atomic E-state index is 0.109. The van der Waals surface area contributed by atoms with Crippen LogP contribution in [0.4, 0.5) is 4.39 Å². The Balaban J connectivity index is 0.000000141. The van der Waals surface area contributed by atoms with E-state index in [-0.39, 0.29) is 5.56 Å². The fourth-order valence-corrected chi connectivity index (χ4v) is 1.51. The second-order valence-corrected chi connectivity index (χ2v) is 3.76. The molecule has 3 aromatic rings. The van der Waals surface area contributed by atoms with Crippen molar-refractivity contribution >= 4 is 17.1 Å². The summed E-state index contributed by atoms with van der Waals surface area (Å²) >= 11 is 0. The molecule has 0 amide bonds. The number of rotatable bonds is 1. The van der Waals surface area contributed by atoms with Crippen LogP contribution in [0.25, 0.3) is 10.8 Å². The van der Waals surface area contributed by atoms with Crippen molar-refractivity contribution in [1.29, 1.82) is 0 Å². The molecule has 4 heteroatoms. The number of carbonyl (C=O) groups excluding carboxylic acids is 1. The molecule has 3 nitrogen and oxygen atoms in total. The minimum atomic E-state index is -0.465. The van der Waals surface area contributed by atoms with Crippen molar-refractivity contribution in [2.75, 3.05) is 0 Å². The lowest BCUT2D eigenvalue weighted by Gasteiger charge is -1.90. The van der Waals surface area contributed by atoms with Gasteiger partial charge >= 0.3 is 0 Å². The molecule has 0 bridgehead atoms. The zero-order valence-corrected chi connectivity index (χ0v) is 10.0. The van der Waals surface area contributed by atoms with E-state index in [4.69, 9.17) is 0 Å². The summed E-state index contributed by atoms with van der Waals surface area (Å²) in [6.07, 6.45) is 4.01. The monoisotopic (exact) mass is 254 g/mol. The van der Waals surface area contributed by atoms with Crippen LogP contribution in [0.2, 0.25) is 0 Å². The van der Waals surface area contributed by atoms with Crippen LogP contribution in [-0.4, -0.2) is 16.5 Å². The number of hydrogen-bond donors (Lipinski definition) is 0. The Bertz CT molecular complexity index is 620. The Kier molecular flexibility index (Phi) is 4.29. The third-order valence-electron chi connectivity index (χ3n) is 2.49. The Morgan fingerprint density at radius 2 is 1.37 bits per heavy atom. The highest BCUT2D eigenvalue weighted by Crippen LogP contribution is 2.08. The van der Waals surface area contributed by atoms with Crippen molar-refractivity contribution in [2.24, 2.45) is 0 Å². The number of halogens is 1. The number of fused-ring (bicyclic) bond motifs is 1. The molecule has 19 heavy (non-hydrogen) atoms. The number of carbonyl (C=O) groups is 1. The van der Waals surface area contributed by atoms with E-state index in [0.29, 0.717) is 6.29 Å². The molecule has 0 saturated carbocycles. The van der Waals surface area contributed by atoms with Crippen LogP contribution in [0.3, 0.4) is 0 Å². The average Bonchev–Trinajstić information content (AvgIpc) is 2.49. The zero-order chi connectivity index (χ0) is 13.5. The van der Waals surface area contributed by atoms with Gasteiger partial charge < -0.3 is 0 Å². The molecule has 0 aliphatic heterocycles. The summed E-state index contributed by atoms with van der Waals surface area (Å²) in [6, 6.07) is 13.9. The number of aldehydes is 1. The Labute approximate surface area is 109 Å². The summed E-state index contributed by atoms with van der Waals surface area (Å²) in [7, 11) is 0. The van der Waals surface area contributed by atoms with E-state index >= 15 is 0 Å². The largest absolute Gasteiger partial charge is 0.298 e. The molecule has 0 unspecified atom stereocenters. The van der Waals surface area contributed by atoms with Crippen LogP contribution in [0.15, 0.2) is 60.9 Å². The molecule has 0 fully saturated rings. The maximum absolute atomic E-state index is 12.4. The van der Waals surface area contributed by atoms with Crippen molar-refractivity contribution < 1.29 is 9.18 Å². The molecule has 1 heterocycles. The lowest BCUT2D eigenvalue weighted by Crippen LogP contribution is -1.83. The van der Waals surface area contributed by atoms with Gasteiger partial charge in [-0.3, -0.25) is 4.79 Å². The minimum Gasteiger partial charge on any atom is -0.298 e. The molecule has 0 radical (unpaired) electrons. The van der Waals surface area contributed by atoms with Gasteiger partial charge in [-0.1, -0.05) is 36.4 Å². The predicted octanol–water partition coefficient (Wildman–Crippen LogP) is 3.27. The number of benzene rings is 2. The predicted molar refractivity (Wildman–Crippen MR) is 71.3 cm³/mol. The Hall–Kier alpha value is -2.62. The van der Waals surface area contributed by atoms with E-state index < -0.39 is 5.82 Å². The van der Waals surface area contributed by atoms with E-state index in [1.54, 1.807) is 24.5 Å². The van der Waals surface area contributed by atoms with Gasteiger partial charge in [0, 0.05) is 10.8 Å². The molecule has 94 valence electrons. The van der Waals surface area contributed by atoms with Gasteiger partial charge in [0.15, 0.2) is 6.29 Å². The highest BCUT2D eigenvalue weighted by Gasteiger charge is 1.94. The fourth-order valence-electron chi connectivity index (χ4n) is 1.51. The van der Waals surface area contributed by atoms with Crippen molar-refractivity contribution in [3.05, 3.63) is 72.3 Å². The van der Waals surface area contributed by atoms with Crippen LogP contribution in [0.1, 0.15) is 10.4 Å². The lowest BCUT2D eigenvalue weighted by atomic mass is 10.2. The number of aromatic nitrogens is 2. The van der Waals surface area contributed by atoms with E-state index in [1.165, 1.54) is 12.1 Å². The van der Waals surface area contributed by atoms with Gasteiger partial charge in [0.05, 0.1) is 18.0 Å². The molecule has 2 aromatic carbocycles. The van der Waals surface area contributed by atoms with Crippen LogP contribution in [-0.2, 0) is 0 Å². The van der Waals surface area contributed by atoms with Crippen LogP contribution >= 0.6 is 0 Å². The van der Waals surface area contributed by atoms with Crippen LogP contribution < -0.4 is 0 Å². The molecule has 0 aliphatic rings. The lowest BCUT2D eigenvalue weighted by molar-refractivity contribution is 0.112. The molecule has 1 aromatic heterocycles. The second-order valence-electron chi connectivity index (χ2n) is 3.76. The van der Waals surface area contributed by atoms with Gasteiger partial charge in [-0.15, -0.1) is 0 Å². The van der Waals surface area contributed by atoms with E-state index in [2.05, 4.69) is 10.2 Å². The highest BCUT2D eigenvalue weighted by molar-refractivity contribution is 5.80. The summed E-state index contributed by atoms with van der Waals surface area (Å²) < 4.78 is 12.4. The van der Waals surface area contributed by atoms with Gasteiger partial charge in [-0.25, -0.2) is 4.39 Å². The highest BCUT2D eigenvalue weighted by atomic mass is 19.1. The first kappa shape index (κ1) is 12.8. The summed E-state index contributed by atoms with van der Waals surface area (Å²) in [5.74, 6) is -0.465. The molecule has 0 aliphatic carbocycles. The van der Waals surface area contributed by atoms with E-state index in [9.17, 15) is 9.18 Å². The third kappa shape index (κ3) is 3.42. The molecule has 3 rings (SSSR count).